The smallest absolute Gasteiger partial charge is 0.812 e. The predicted octanol–water partition coefficient (Wildman–Crippen LogP) is -4.29. The molecule has 6 N–H and O–H groups in total. The van der Waals surface area contributed by atoms with E-state index in [-0.39, 0.29) is 129 Å². The van der Waals surface area contributed by atoms with Crippen molar-refractivity contribution >= 4 is 41.8 Å². The van der Waals surface area contributed by atoms with Crippen LogP contribution in [0.2, 0.25) is 0 Å². The number of rotatable bonds is 12. The normalized spacial score (nSPS) is 11.8. The summed E-state index contributed by atoms with van der Waals surface area (Å²) in [6, 6.07) is -1.84. The van der Waals surface area contributed by atoms with Crippen LogP contribution in [-0.4, -0.2) is 119 Å². The number of carbonyl (C=O) groups excluding carboxylic acids is 7. The van der Waals surface area contributed by atoms with E-state index in [2.05, 4.69) is 30.6 Å². The Hall–Kier alpha value is -1.72. The van der Waals surface area contributed by atoms with E-state index in [0.29, 0.717) is 32.7 Å². The van der Waals surface area contributed by atoms with Crippen molar-refractivity contribution in [2.24, 2.45) is 5.73 Å². The van der Waals surface area contributed by atoms with E-state index in [9.17, 15) is 33.6 Å². The average molecular weight is 951 g/mol. The molecule has 0 spiro atoms. The average Bonchev–Trinajstić information content (AvgIpc) is 3.23. The Kier molecular flexibility index (Phi) is 68.2. The number of nitrogens with one attached hydrogen (secondary N) is 2. The Morgan fingerprint density at radius 1 is 0.939 bits per heavy atom. The molecule has 0 saturated carbocycles. The standard InChI is InChI=1S/C9H17NO4.C8H12O4.C7H10N2O4.CHNO.CH5N.2CH4.Ac.K.H2O/c1-4-13-8(11)6-7(10-3)9(12)14-5-2;1-3-11-7(9)5-6-8(10)12-4-2;1-9-4(3-5(10)13-2)6(11)8-7(9)12;2-1-3;1-2;;;;;/h7,10H,4-6H2,1-3H3;5-6H,3-4H2,1-2H3;4H,3H2,1-2H3,(H,8,11,12);3H;2H2,1H3;2*1H4;;;1H2/q;;;;;;;;+1;/p-1/b;6-5+;;;;;;;;. The summed E-state index contributed by atoms with van der Waals surface area (Å²) in [5.74, 6) is -2.88. The summed E-state index contributed by atoms with van der Waals surface area (Å²) in [5.41, 5.74) is 4.50. The van der Waals surface area contributed by atoms with Gasteiger partial charge in [-0.3, -0.25) is 24.5 Å². The second-order valence-electron chi connectivity index (χ2n) is 7.23. The van der Waals surface area contributed by atoms with E-state index in [1.807, 2.05) is 0 Å². The molecule has 1 rings (SSSR count). The minimum atomic E-state index is -0.736. The third kappa shape index (κ3) is 40.6. The molecule has 1 radical (unpaired) electrons. The van der Waals surface area contributed by atoms with Crippen molar-refractivity contribution in [3.05, 3.63) is 12.2 Å². The summed E-state index contributed by atoms with van der Waals surface area (Å²) in [6.45, 7) is 8.04. The number of amides is 3. The maximum Gasteiger partial charge on any atom is 1.00 e. The van der Waals surface area contributed by atoms with Gasteiger partial charge in [0.15, 0.2) is 0 Å². The minimum Gasteiger partial charge on any atom is -0.812 e. The van der Waals surface area contributed by atoms with Crippen LogP contribution in [0.5, 0.6) is 0 Å². The van der Waals surface area contributed by atoms with Gasteiger partial charge in [0, 0.05) is 69.5 Å². The van der Waals surface area contributed by atoms with Gasteiger partial charge < -0.3 is 50.2 Å². The summed E-state index contributed by atoms with van der Waals surface area (Å²) in [6.07, 6.45) is 2.48. The van der Waals surface area contributed by atoms with Gasteiger partial charge in [0.05, 0.1) is 46.4 Å². The zero-order valence-corrected chi connectivity index (χ0v) is 36.3. The van der Waals surface area contributed by atoms with E-state index in [1.165, 1.54) is 26.1 Å². The van der Waals surface area contributed by atoms with Crippen molar-refractivity contribution in [1.29, 1.82) is 5.26 Å². The molecule has 49 heavy (non-hydrogen) atoms. The first kappa shape index (κ1) is 69.1. The first-order valence-corrected chi connectivity index (χ1v) is 13.1. The summed E-state index contributed by atoms with van der Waals surface area (Å²) in [7, 11) is 5.78. The number of nitrogens with zero attached hydrogens (tertiary/aromatic N) is 2. The van der Waals surface area contributed by atoms with E-state index in [0.717, 1.165) is 12.2 Å². The summed E-state index contributed by atoms with van der Waals surface area (Å²) >= 11 is 0. The van der Waals surface area contributed by atoms with Gasteiger partial charge in [0.2, 0.25) is 0 Å². The summed E-state index contributed by atoms with van der Waals surface area (Å²) in [5, 5.41) is 19.8. The fourth-order valence-corrected chi connectivity index (χ4v) is 2.51. The molecule has 1 aliphatic heterocycles. The molecule has 21 heteroatoms. The molecule has 0 aromatic carbocycles. The number of likely N-dealkylation sites (N-methyl/N-ethyl adjacent to an activating group) is 2. The Balaban J connectivity index is -0.0000000625. The minimum absolute atomic E-state index is 0. The zero-order valence-electron chi connectivity index (χ0n) is 28.4. The van der Waals surface area contributed by atoms with Crippen LogP contribution in [0.25, 0.3) is 0 Å². The van der Waals surface area contributed by atoms with Gasteiger partial charge in [0.1, 0.15) is 12.1 Å². The summed E-state index contributed by atoms with van der Waals surface area (Å²) < 4.78 is 22.9. The molecule has 2 atom stereocenters. The first-order chi connectivity index (χ1) is 20.8. The monoisotopic (exact) mass is 950 g/mol. The fraction of sp³-hybridized carbons (Fsp3) is 0.643. The van der Waals surface area contributed by atoms with E-state index < -0.39 is 53.9 Å². The SMILES string of the molecule is C.C.CCOC(=O)/C=C/C(=O)OCC.CCOC(=O)CC(NC)C(=O)OCC.CN.COC(=O)CC1C(=O)NC(=O)N1C.N#C[O-].O.[Ac].[K+]. The van der Waals surface area contributed by atoms with Gasteiger partial charge in [0.25, 0.3) is 5.91 Å². The Morgan fingerprint density at radius 3 is 1.61 bits per heavy atom. The van der Waals surface area contributed by atoms with Crippen LogP contribution in [0.1, 0.15) is 55.4 Å². The van der Waals surface area contributed by atoms with Crippen molar-refractivity contribution in [3.8, 4) is 6.26 Å². The molecule has 1 heterocycles. The van der Waals surface area contributed by atoms with E-state index >= 15 is 0 Å². The molecule has 0 aromatic heterocycles. The molecular formula is C28H54AcKN5O14. The molecule has 3 amide bonds. The maximum absolute atomic E-state index is 11.2. The number of nitriles is 1. The van der Waals surface area contributed by atoms with Crippen molar-refractivity contribution in [3.63, 3.8) is 0 Å². The number of urea groups is 1. The zero-order chi connectivity index (χ0) is 35.1. The van der Waals surface area contributed by atoms with Gasteiger partial charge in [-0.25, -0.2) is 19.6 Å². The van der Waals surface area contributed by atoms with Crippen LogP contribution in [0.15, 0.2) is 12.2 Å². The molecule has 0 aliphatic carbocycles. The topological polar surface area (TPSA) is 297 Å². The molecule has 0 aromatic rings. The van der Waals surface area contributed by atoms with Crippen LogP contribution in [0.4, 0.5) is 4.79 Å². The molecule has 19 nitrogen and oxygen atoms in total. The molecule has 0 bridgehead atoms. The number of nitrogens with two attached hydrogens (primary N) is 1. The number of esters is 5. The second kappa shape index (κ2) is 48.4. The van der Waals surface area contributed by atoms with Gasteiger partial charge in [-0.1, -0.05) is 14.9 Å². The Labute approximate surface area is 367 Å². The number of imide groups is 1. The molecule has 1 aliphatic rings. The van der Waals surface area contributed by atoms with Crippen molar-refractivity contribution in [2.45, 2.75) is 67.5 Å². The van der Waals surface area contributed by atoms with Gasteiger partial charge in [-0.2, -0.15) is 0 Å². The number of ether oxygens (including phenoxy) is 5. The second-order valence-corrected chi connectivity index (χ2v) is 7.23. The van der Waals surface area contributed by atoms with Crippen molar-refractivity contribution < 1.29 is 163 Å². The molecular weight excluding hydrogens is 896 g/mol. The van der Waals surface area contributed by atoms with Crippen LogP contribution in [0, 0.1) is 55.6 Å². The van der Waals surface area contributed by atoms with Gasteiger partial charge in [-0.05, 0) is 41.8 Å². The van der Waals surface area contributed by atoms with Crippen molar-refractivity contribution in [1.82, 2.24) is 15.5 Å². The molecule has 1 saturated heterocycles. The Morgan fingerprint density at radius 2 is 1.33 bits per heavy atom. The van der Waals surface area contributed by atoms with Gasteiger partial charge >= 0.3 is 87.3 Å². The van der Waals surface area contributed by atoms with E-state index in [4.69, 9.17) is 19.8 Å². The molecule has 1 fully saturated rings. The van der Waals surface area contributed by atoms with E-state index in [1.54, 1.807) is 34.7 Å². The largest absolute Gasteiger partial charge is 1.00 e. The maximum atomic E-state index is 11.2. The quantitative estimate of drug-likeness (QED) is 0.0417. The Bertz CT molecular complexity index is 948. The number of hydrogen-bond acceptors (Lipinski definition) is 16. The number of carbonyl (C=O) groups is 7. The molecule has 279 valence electrons. The third-order valence-corrected chi connectivity index (χ3v) is 4.43. The van der Waals surface area contributed by atoms with Crippen LogP contribution < -0.4 is 72.9 Å². The summed E-state index contributed by atoms with van der Waals surface area (Å²) in [4.78, 5) is 77.5. The van der Waals surface area contributed by atoms with Crippen LogP contribution in [-0.2, 0) is 52.5 Å². The number of hydrogen-bond donors (Lipinski definition) is 3. The third-order valence-electron chi connectivity index (χ3n) is 4.43. The van der Waals surface area contributed by atoms with Crippen molar-refractivity contribution in [2.75, 3.05) is 54.7 Å². The fourth-order valence-electron chi connectivity index (χ4n) is 2.51. The van der Waals surface area contributed by atoms with Crippen LogP contribution >= 0.6 is 0 Å². The number of methoxy groups -OCH3 is 1. The van der Waals surface area contributed by atoms with Gasteiger partial charge in [-0.15, -0.1) is 0 Å². The predicted molar refractivity (Wildman–Crippen MR) is 168 cm³/mol. The first-order valence-electron chi connectivity index (χ1n) is 13.1. The molecule has 2 unspecified atom stereocenters. The van der Waals surface area contributed by atoms with Crippen LogP contribution in [0.3, 0.4) is 0 Å².